The highest BCUT2D eigenvalue weighted by Crippen LogP contribution is 2.40. The van der Waals surface area contributed by atoms with E-state index in [1.807, 2.05) is 0 Å². The van der Waals surface area contributed by atoms with Gasteiger partial charge < -0.3 is 24.8 Å². The minimum atomic E-state index is -3.23. The van der Waals surface area contributed by atoms with Gasteiger partial charge in [0.05, 0.1) is 23.0 Å². The molecule has 11 nitrogen and oxygen atoms in total. The van der Waals surface area contributed by atoms with Gasteiger partial charge >= 0.3 is 13.2 Å². The van der Waals surface area contributed by atoms with Crippen LogP contribution in [-0.4, -0.2) is 67.1 Å². The number of aliphatic hydroxyl groups is 1. The van der Waals surface area contributed by atoms with Crippen molar-refractivity contribution in [3.05, 3.63) is 54.6 Å². The molecule has 1 aromatic carbocycles. The minimum absolute atomic E-state index is 0.0498. The first-order chi connectivity index (χ1) is 18.2. The standard InChI is InChI=1S/C23H21F4N7O4/c1-32-8-5-16(21(32)36)34-11-15(30-20(35)14-10-29-33-7-2-6-28-19(14)33)18(31-34)13-9-12(37-22(24)25)3-4-17(13)38-23(26)27/h2-4,6-7,9-11,16,20,22-23,30,35H,5,8H2,1H3/t16-,20?/m1/s1. The number of likely N-dealkylation sites (tertiary alicyclic amines) is 1. The molecule has 15 heteroatoms. The number of carbonyl (C=O) groups excluding carboxylic acids is 1. The van der Waals surface area contributed by atoms with Gasteiger partial charge in [0, 0.05) is 32.2 Å². The van der Waals surface area contributed by atoms with Crippen LogP contribution < -0.4 is 14.8 Å². The van der Waals surface area contributed by atoms with Gasteiger partial charge in [-0.3, -0.25) is 9.48 Å². The number of carbonyl (C=O) groups is 1. The Balaban J connectivity index is 1.60. The molecule has 200 valence electrons. The third-order valence-electron chi connectivity index (χ3n) is 5.99. The lowest BCUT2D eigenvalue weighted by molar-refractivity contribution is -0.129. The van der Waals surface area contributed by atoms with Crippen molar-refractivity contribution >= 4 is 17.2 Å². The summed E-state index contributed by atoms with van der Waals surface area (Å²) >= 11 is 0. The van der Waals surface area contributed by atoms with Gasteiger partial charge in [0.2, 0.25) is 5.91 Å². The quantitative estimate of drug-likeness (QED) is 0.248. The van der Waals surface area contributed by atoms with E-state index in [2.05, 4.69) is 30.0 Å². The third-order valence-corrected chi connectivity index (χ3v) is 5.99. The zero-order valence-corrected chi connectivity index (χ0v) is 19.7. The largest absolute Gasteiger partial charge is 0.435 e. The van der Waals surface area contributed by atoms with Crippen LogP contribution in [-0.2, 0) is 4.79 Å². The fourth-order valence-electron chi connectivity index (χ4n) is 4.24. The van der Waals surface area contributed by atoms with Crippen LogP contribution in [0, 0.1) is 0 Å². The van der Waals surface area contributed by atoms with Crippen molar-refractivity contribution in [1.82, 2.24) is 29.3 Å². The van der Waals surface area contributed by atoms with Crippen molar-refractivity contribution in [3.63, 3.8) is 0 Å². The molecule has 3 aromatic heterocycles. The number of rotatable bonds is 9. The monoisotopic (exact) mass is 535 g/mol. The molecule has 5 rings (SSSR count). The van der Waals surface area contributed by atoms with Crippen LogP contribution in [0.15, 0.2) is 49.1 Å². The average Bonchev–Trinajstić information content (AvgIpc) is 3.57. The number of fused-ring (bicyclic) bond motifs is 1. The smallest absolute Gasteiger partial charge is 0.387 e. The Morgan fingerprint density at radius 1 is 1.18 bits per heavy atom. The molecule has 0 radical (unpaired) electrons. The number of halogens is 4. The van der Waals surface area contributed by atoms with Crippen molar-refractivity contribution in [2.75, 3.05) is 18.9 Å². The molecule has 1 aliphatic heterocycles. The van der Waals surface area contributed by atoms with Crippen molar-refractivity contribution in [2.45, 2.75) is 31.9 Å². The molecule has 1 saturated heterocycles. The summed E-state index contributed by atoms with van der Waals surface area (Å²) in [6, 6.07) is 4.10. The second-order valence-corrected chi connectivity index (χ2v) is 8.39. The van der Waals surface area contributed by atoms with Crippen LogP contribution in [0.5, 0.6) is 11.5 Å². The predicted molar refractivity (Wildman–Crippen MR) is 124 cm³/mol. The summed E-state index contributed by atoms with van der Waals surface area (Å²) in [5.74, 6) is -0.935. The lowest BCUT2D eigenvalue weighted by Gasteiger charge is -2.15. The van der Waals surface area contributed by atoms with Crippen LogP contribution in [0.25, 0.3) is 16.9 Å². The maximum atomic E-state index is 13.2. The Kier molecular flexibility index (Phi) is 6.75. The average molecular weight is 535 g/mol. The Hall–Kier alpha value is -4.40. The first-order valence-corrected chi connectivity index (χ1v) is 11.3. The molecular formula is C23H21F4N7O4. The van der Waals surface area contributed by atoms with E-state index in [0.29, 0.717) is 24.2 Å². The Morgan fingerprint density at radius 2 is 1.97 bits per heavy atom. The number of benzene rings is 1. The van der Waals surface area contributed by atoms with Gasteiger partial charge in [-0.25, -0.2) is 9.50 Å². The van der Waals surface area contributed by atoms with E-state index in [1.54, 1.807) is 19.3 Å². The molecule has 0 aliphatic carbocycles. The normalized spacial score (nSPS) is 16.6. The highest BCUT2D eigenvalue weighted by Gasteiger charge is 2.33. The molecule has 0 saturated carbocycles. The highest BCUT2D eigenvalue weighted by atomic mass is 19.3. The predicted octanol–water partition coefficient (Wildman–Crippen LogP) is 3.30. The minimum Gasteiger partial charge on any atom is -0.435 e. The summed E-state index contributed by atoms with van der Waals surface area (Å²) in [7, 11) is 1.63. The molecule has 1 amide bonds. The molecule has 1 unspecified atom stereocenters. The summed E-state index contributed by atoms with van der Waals surface area (Å²) in [4.78, 5) is 18.4. The zero-order chi connectivity index (χ0) is 27.0. The van der Waals surface area contributed by atoms with E-state index < -0.39 is 25.5 Å². The maximum absolute atomic E-state index is 13.2. The number of nitrogens with zero attached hydrogens (tertiary/aromatic N) is 6. The number of hydrogen-bond acceptors (Lipinski definition) is 8. The van der Waals surface area contributed by atoms with Crippen molar-refractivity contribution in [1.29, 1.82) is 0 Å². The van der Waals surface area contributed by atoms with Gasteiger partial charge in [-0.2, -0.15) is 27.8 Å². The second kappa shape index (κ2) is 10.2. The van der Waals surface area contributed by atoms with Gasteiger partial charge in [0.25, 0.3) is 0 Å². The summed E-state index contributed by atoms with van der Waals surface area (Å²) in [6.07, 6.45) is 4.98. The van der Waals surface area contributed by atoms with E-state index in [1.165, 1.54) is 32.7 Å². The maximum Gasteiger partial charge on any atom is 0.387 e. The van der Waals surface area contributed by atoms with Gasteiger partial charge in [-0.05, 0) is 30.7 Å². The molecule has 0 spiro atoms. The van der Waals surface area contributed by atoms with Crippen molar-refractivity contribution < 1.29 is 36.9 Å². The summed E-state index contributed by atoms with van der Waals surface area (Å²) in [5, 5.41) is 22.4. The van der Waals surface area contributed by atoms with Crippen LogP contribution in [0.4, 0.5) is 23.2 Å². The number of likely N-dealkylation sites (N-methyl/N-ethyl adjacent to an activating group) is 1. The Morgan fingerprint density at radius 3 is 2.68 bits per heavy atom. The van der Waals surface area contributed by atoms with E-state index in [-0.39, 0.29) is 34.4 Å². The fraction of sp³-hybridized carbons (Fsp3) is 0.304. The van der Waals surface area contributed by atoms with Gasteiger partial charge in [0.1, 0.15) is 23.2 Å². The molecule has 4 heterocycles. The number of anilines is 1. The molecule has 2 atom stereocenters. The van der Waals surface area contributed by atoms with Crippen LogP contribution in [0.1, 0.15) is 24.3 Å². The van der Waals surface area contributed by atoms with E-state index in [0.717, 1.165) is 18.2 Å². The Labute approximate surface area is 212 Å². The van der Waals surface area contributed by atoms with E-state index >= 15 is 0 Å². The Bertz CT molecular complexity index is 1460. The van der Waals surface area contributed by atoms with Crippen LogP contribution in [0.2, 0.25) is 0 Å². The number of alkyl halides is 4. The molecule has 38 heavy (non-hydrogen) atoms. The number of aromatic nitrogens is 5. The van der Waals surface area contributed by atoms with Crippen LogP contribution >= 0.6 is 0 Å². The lowest BCUT2D eigenvalue weighted by atomic mass is 10.1. The third kappa shape index (κ3) is 4.91. The van der Waals surface area contributed by atoms with Gasteiger partial charge in [-0.1, -0.05) is 0 Å². The van der Waals surface area contributed by atoms with Gasteiger partial charge in [-0.15, -0.1) is 0 Å². The molecule has 1 fully saturated rings. The summed E-state index contributed by atoms with van der Waals surface area (Å²) in [5.41, 5.74) is 0.561. The van der Waals surface area contributed by atoms with Crippen molar-refractivity contribution in [3.8, 4) is 22.8 Å². The number of aliphatic hydroxyl groups excluding tert-OH is 1. The number of hydrogen-bond donors (Lipinski definition) is 2. The van der Waals surface area contributed by atoms with Crippen molar-refractivity contribution in [2.24, 2.45) is 0 Å². The topological polar surface area (TPSA) is 119 Å². The molecule has 1 aliphatic rings. The second-order valence-electron chi connectivity index (χ2n) is 8.39. The lowest BCUT2D eigenvalue weighted by Crippen LogP contribution is -2.24. The number of amides is 1. The molecule has 2 N–H and O–H groups in total. The number of nitrogens with one attached hydrogen (secondary N) is 1. The first-order valence-electron chi connectivity index (χ1n) is 11.3. The van der Waals surface area contributed by atoms with Crippen LogP contribution in [0.3, 0.4) is 0 Å². The summed E-state index contributed by atoms with van der Waals surface area (Å²) in [6.45, 7) is -5.93. The van der Waals surface area contributed by atoms with E-state index in [4.69, 9.17) is 0 Å². The fourth-order valence-corrected chi connectivity index (χ4v) is 4.24. The summed E-state index contributed by atoms with van der Waals surface area (Å²) < 4.78 is 64.0. The zero-order valence-electron chi connectivity index (χ0n) is 19.7. The molecule has 0 bridgehead atoms. The van der Waals surface area contributed by atoms with E-state index in [9.17, 15) is 27.5 Å². The highest BCUT2D eigenvalue weighted by molar-refractivity contribution is 5.84. The van der Waals surface area contributed by atoms with Gasteiger partial charge in [0.15, 0.2) is 11.9 Å². The SMILES string of the molecule is CN1CC[C@@H](n2cc(NC(O)c3cnn4cccnc34)c(-c3cc(OC(F)F)ccc3OC(F)F)n2)C1=O. The number of ether oxygens (including phenoxy) is 2. The first kappa shape index (κ1) is 25.3. The molecule has 4 aromatic rings. The molecular weight excluding hydrogens is 514 g/mol.